The van der Waals surface area contributed by atoms with Crippen molar-refractivity contribution in [2.24, 2.45) is 0 Å². The third-order valence-electron chi connectivity index (χ3n) is 4.23. The molecule has 0 unspecified atom stereocenters. The van der Waals surface area contributed by atoms with Gasteiger partial charge in [0.1, 0.15) is 0 Å². The molecule has 0 aliphatic carbocycles. The van der Waals surface area contributed by atoms with E-state index < -0.39 is 13.5 Å². The number of halogens is 1. The molecule has 0 saturated carbocycles. The van der Waals surface area contributed by atoms with Crippen LogP contribution in [0, 0.1) is 17.1 Å². The van der Waals surface area contributed by atoms with Gasteiger partial charge < -0.3 is 4.52 Å². The van der Waals surface area contributed by atoms with Gasteiger partial charge in [-0.25, -0.2) is 18.3 Å². The molecule has 0 bridgehead atoms. The van der Waals surface area contributed by atoms with Crippen molar-refractivity contribution in [1.82, 2.24) is 9.34 Å². The van der Waals surface area contributed by atoms with Crippen LogP contribution in [0.25, 0.3) is 0 Å². The smallest absolute Gasteiger partial charge is 0.394 e. The summed E-state index contributed by atoms with van der Waals surface area (Å²) in [6.45, 7) is 6.15. The fourth-order valence-electron chi connectivity index (χ4n) is 2.58. The van der Waals surface area contributed by atoms with E-state index in [1.165, 1.54) is 14.9 Å². The van der Waals surface area contributed by atoms with E-state index in [-0.39, 0.29) is 11.3 Å². The van der Waals surface area contributed by atoms with Crippen molar-refractivity contribution in [3.05, 3.63) is 52.4 Å². The summed E-state index contributed by atoms with van der Waals surface area (Å²) < 4.78 is 36.5. The molecule has 1 rings (SSSR count). The standard InChI is InChI=1S/C21H31FN3O2P/c1-16(2)9-8-10-17(3)11-12-19-13-18(15-23)14-20(22)21(19)27-28(26,24(4)5)25(6)7/h9,11,13-14H,8,10,12H2,1-7H3/b17-11+. The number of benzene rings is 1. The Morgan fingerprint density at radius 3 is 2.29 bits per heavy atom. The molecule has 0 spiro atoms. The fraction of sp³-hybridized carbons (Fsp3) is 0.476. The van der Waals surface area contributed by atoms with E-state index in [0.29, 0.717) is 12.0 Å². The van der Waals surface area contributed by atoms with E-state index in [0.717, 1.165) is 24.5 Å². The van der Waals surface area contributed by atoms with Gasteiger partial charge in [0.05, 0.1) is 11.6 Å². The van der Waals surface area contributed by atoms with Crippen molar-refractivity contribution in [3.8, 4) is 11.8 Å². The highest BCUT2D eigenvalue weighted by Gasteiger charge is 2.33. The molecule has 154 valence electrons. The van der Waals surface area contributed by atoms with Crippen LogP contribution in [0.5, 0.6) is 5.75 Å². The summed E-state index contributed by atoms with van der Waals surface area (Å²) in [7, 11) is 3.06. The van der Waals surface area contributed by atoms with Crippen molar-refractivity contribution in [3.63, 3.8) is 0 Å². The van der Waals surface area contributed by atoms with Crippen LogP contribution in [0.3, 0.4) is 0 Å². The molecule has 1 aromatic rings. The van der Waals surface area contributed by atoms with Crippen molar-refractivity contribution >= 4 is 7.67 Å². The number of hydrogen-bond donors (Lipinski definition) is 0. The average molecular weight is 407 g/mol. The van der Waals surface area contributed by atoms with E-state index in [2.05, 4.69) is 19.9 Å². The lowest BCUT2D eigenvalue weighted by atomic mass is 10.0. The van der Waals surface area contributed by atoms with Crippen LogP contribution in [0.2, 0.25) is 0 Å². The second kappa shape index (κ2) is 10.6. The van der Waals surface area contributed by atoms with E-state index in [1.54, 1.807) is 34.3 Å². The SMILES string of the molecule is CC(C)=CCC/C(C)=C/Cc1cc(C#N)cc(F)c1OP(=O)(N(C)C)N(C)C. The van der Waals surface area contributed by atoms with E-state index in [4.69, 9.17) is 4.52 Å². The molecule has 0 N–H and O–H groups in total. The molecule has 28 heavy (non-hydrogen) atoms. The first-order valence-corrected chi connectivity index (χ1v) is 10.7. The quantitative estimate of drug-likeness (QED) is 0.397. The maximum Gasteiger partial charge on any atom is 0.394 e. The molecule has 0 aromatic heterocycles. The Morgan fingerprint density at radius 2 is 1.79 bits per heavy atom. The third kappa shape index (κ3) is 6.60. The second-order valence-corrected chi connectivity index (χ2v) is 10.2. The lowest BCUT2D eigenvalue weighted by Gasteiger charge is -2.30. The molecule has 0 heterocycles. The van der Waals surface area contributed by atoms with Gasteiger partial charge in [0.2, 0.25) is 0 Å². The third-order valence-corrected chi connectivity index (χ3v) is 6.67. The Balaban J connectivity index is 3.23. The van der Waals surface area contributed by atoms with Crippen LogP contribution in [0.1, 0.15) is 44.7 Å². The Bertz CT molecular complexity index is 823. The van der Waals surface area contributed by atoms with Gasteiger partial charge in [-0.15, -0.1) is 0 Å². The summed E-state index contributed by atoms with van der Waals surface area (Å²) in [5.74, 6) is -0.758. The minimum atomic E-state index is -3.42. The predicted molar refractivity (Wildman–Crippen MR) is 113 cm³/mol. The van der Waals surface area contributed by atoms with Crippen molar-refractivity contribution in [2.75, 3.05) is 28.2 Å². The zero-order chi connectivity index (χ0) is 21.5. The Morgan fingerprint density at radius 1 is 1.18 bits per heavy atom. The highest BCUT2D eigenvalue weighted by Crippen LogP contribution is 2.51. The summed E-state index contributed by atoms with van der Waals surface area (Å²) in [5, 5.41) is 9.18. The zero-order valence-corrected chi connectivity index (χ0v) is 18.8. The van der Waals surface area contributed by atoms with Crippen molar-refractivity contribution in [1.29, 1.82) is 5.26 Å². The minimum absolute atomic E-state index is 0.0712. The molecule has 0 amide bonds. The maximum absolute atomic E-state index is 14.7. The molecular formula is C21H31FN3O2P. The molecule has 0 radical (unpaired) electrons. The van der Waals surface area contributed by atoms with Crippen molar-refractivity contribution in [2.45, 2.75) is 40.0 Å². The molecule has 0 aliphatic heterocycles. The van der Waals surface area contributed by atoms with Crippen LogP contribution in [-0.2, 0) is 11.0 Å². The topological polar surface area (TPSA) is 56.6 Å². The predicted octanol–water partition coefficient (Wildman–Crippen LogP) is 5.54. The van der Waals surface area contributed by atoms with Gasteiger partial charge in [-0.1, -0.05) is 23.3 Å². The highest BCUT2D eigenvalue weighted by atomic mass is 31.2. The van der Waals surface area contributed by atoms with Gasteiger partial charge in [0.15, 0.2) is 11.6 Å². The van der Waals surface area contributed by atoms with Gasteiger partial charge in [-0.05, 0) is 80.4 Å². The Labute approximate surface area is 168 Å². The van der Waals surface area contributed by atoms with E-state index in [9.17, 15) is 14.2 Å². The van der Waals surface area contributed by atoms with Crippen LogP contribution in [0.4, 0.5) is 4.39 Å². The first kappa shape index (κ1) is 24.1. The molecule has 1 aromatic carbocycles. The summed E-state index contributed by atoms with van der Waals surface area (Å²) in [6.07, 6.45) is 6.40. The molecule has 5 nitrogen and oxygen atoms in total. The molecule has 0 fully saturated rings. The summed E-state index contributed by atoms with van der Waals surface area (Å²) in [4.78, 5) is 0. The first-order chi connectivity index (χ1) is 13.0. The normalized spacial score (nSPS) is 12.2. The van der Waals surface area contributed by atoms with E-state index >= 15 is 0 Å². The Kier molecular flexibility index (Phi) is 9.10. The van der Waals surface area contributed by atoms with Gasteiger partial charge in [-0.3, -0.25) is 0 Å². The highest BCUT2D eigenvalue weighted by molar-refractivity contribution is 7.54. The lowest BCUT2D eigenvalue weighted by molar-refractivity contribution is 0.344. The number of rotatable bonds is 9. The lowest BCUT2D eigenvalue weighted by Crippen LogP contribution is -2.25. The number of allylic oxidation sites excluding steroid dienone is 4. The number of nitrogens with zero attached hydrogens (tertiary/aromatic N) is 3. The molecule has 0 atom stereocenters. The van der Waals surface area contributed by atoms with Crippen molar-refractivity contribution < 1.29 is 13.5 Å². The van der Waals surface area contributed by atoms with E-state index in [1.807, 2.05) is 19.1 Å². The van der Waals surface area contributed by atoms with Crippen LogP contribution < -0.4 is 4.52 Å². The zero-order valence-electron chi connectivity index (χ0n) is 17.9. The van der Waals surface area contributed by atoms with Gasteiger partial charge in [0.25, 0.3) is 0 Å². The Hall–Kier alpha value is -1.93. The summed E-state index contributed by atoms with van der Waals surface area (Å²) in [6, 6.07) is 4.67. The molecule has 0 saturated heterocycles. The van der Waals surface area contributed by atoms with Crippen LogP contribution >= 0.6 is 7.67 Å². The molecule has 0 aliphatic rings. The van der Waals surface area contributed by atoms with Crippen LogP contribution in [0.15, 0.2) is 35.4 Å². The fourth-order valence-corrected chi connectivity index (χ4v) is 4.07. The minimum Gasteiger partial charge on any atom is -0.418 e. The maximum atomic E-state index is 14.7. The van der Waals surface area contributed by atoms with Gasteiger partial charge in [-0.2, -0.15) is 5.26 Å². The summed E-state index contributed by atoms with van der Waals surface area (Å²) >= 11 is 0. The second-order valence-electron chi connectivity index (χ2n) is 7.41. The average Bonchev–Trinajstić information content (AvgIpc) is 2.60. The van der Waals surface area contributed by atoms with Crippen LogP contribution in [-0.4, -0.2) is 37.5 Å². The first-order valence-electron chi connectivity index (χ1n) is 9.18. The number of nitriles is 1. The molecule has 7 heteroatoms. The summed E-state index contributed by atoms with van der Waals surface area (Å²) in [5.41, 5.74) is 3.15. The number of hydrogen-bond acceptors (Lipinski definition) is 3. The van der Waals surface area contributed by atoms with Gasteiger partial charge in [0, 0.05) is 5.56 Å². The van der Waals surface area contributed by atoms with Gasteiger partial charge >= 0.3 is 7.67 Å². The monoisotopic (exact) mass is 407 g/mol. The molecular weight excluding hydrogens is 376 g/mol. The largest absolute Gasteiger partial charge is 0.418 e.